The average molecular weight is 306 g/mol. The molecule has 118 valence electrons. The third-order valence-corrected chi connectivity index (χ3v) is 4.85. The standard InChI is InChI=1S/C19H22N4/c1-14(22-11-3-4-12-22)16-5-7-17(8-6-16)18-9-10-19-20-15(2)21-23(19)13-18/h5-10,13-14H,3-4,11-12H2,1-2H3/t14-/m1/s1. The van der Waals surface area contributed by atoms with Crippen LogP contribution in [0.3, 0.4) is 0 Å². The van der Waals surface area contributed by atoms with E-state index < -0.39 is 0 Å². The first-order valence-corrected chi connectivity index (χ1v) is 8.38. The minimum atomic E-state index is 0.506. The fourth-order valence-corrected chi connectivity index (χ4v) is 3.46. The van der Waals surface area contributed by atoms with Gasteiger partial charge in [-0.1, -0.05) is 24.3 Å². The average Bonchev–Trinajstić information content (AvgIpc) is 3.22. The second kappa shape index (κ2) is 5.78. The first-order valence-electron chi connectivity index (χ1n) is 8.38. The van der Waals surface area contributed by atoms with E-state index in [9.17, 15) is 0 Å². The third-order valence-electron chi connectivity index (χ3n) is 4.85. The van der Waals surface area contributed by atoms with Gasteiger partial charge in [-0.15, -0.1) is 0 Å². The fraction of sp³-hybridized carbons (Fsp3) is 0.368. The molecular formula is C19H22N4. The smallest absolute Gasteiger partial charge is 0.155 e. The summed E-state index contributed by atoms with van der Waals surface area (Å²) < 4.78 is 1.85. The van der Waals surface area contributed by atoms with Gasteiger partial charge in [0, 0.05) is 17.8 Å². The molecule has 0 unspecified atom stereocenters. The molecule has 0 saturated carbocycles. The Morgan fingerprint density at radius 3 is 2.39 bits per heavy atom. The normalized spacial score (nSPS) is 17.0. The highest BCUT2D eigenvalue weighted by atomic mass is 15.3. The second-order valence-corrected chi connectivity index (χ2v) is 6.42. The summed E-state index contributed by atoms with van der Waals surface area (Å²) >= 11 is 0. The van der Waals surface area contributed by atoms with E-state index in [4.69, 9.17) is 0 Å². The topological polar surface area (TPSA) is 33.4 Å². The van der Waals surface area contributed by atoms with Gasteiger partial charge in [-0.3, -0.25) is 4.90 Å². The molecule has 1 aliphatic heterocycles. The van der Waals surface area contributed by atoms with Crippen molar-refractivity contribution in [2.45, 2.75) is 32.7 Å². The molecule has 4 nitrogen and oxygen atoms in total. The molecular weight excluding hydrogens is 284 g/mol. The van der Waals surface area contributed by atoms with E-state index in [2.05, 4.69) is 52.2 Å². The maximum absolute atomic E-state index is 4.40. The summed E-state index contributed by atoms with van der Waals surface area (Å²) in [6, 6.07) is 13.6. The van der Waals surface area contributed by atoms with Crippen molar-refractivity contribution >= 4 is 5.65 Å². The lowest BCUT2D eigenvalue weighted by Crippen LogP contribution is -2.23. The molecule has 0 spiro atoms. The van der Waals surface area contributed by atoms with Gasteiger partial charge >= 0.3 is 0 Å². The second-order valence-electron chi connectivity index (χ2n) is 6.42. The van der Waals surface area contributed by atoms with Crippen LogP contribution in [0, 0.1) is 6.92 Å². The summed E-state index contributed by atoms with van der Waals surface area (Å²) in [6.45, 7) is 6.68. The summed E-state index contributed by atoms with van der Waals surface area (Å²) in [6.07, 6.45) is 4.72. The van der Waals surface area contributed by atoms with Crippen LogP contribution in [0.25, 0.3) is 16.8 Å². The van der Waals surface area contributed by atoms with E-state index in [-0.39, 0.29) is 0 Å². The minimum Gasteiger partial charge on any atom is -0.297 e. The molecule has 23 heavy (non-hydrogen) atoms. The number of likely N-dealkylation sites (tertiary alicyclic amines) is 1. The van der Waals surface area contributed by atoms with Crippen LogP contribution in [0.1, 0.15) is 37.2 Å². The molecule has 4 rings (SSSR count). The van der Waals surface area contributed by atoms with Crippen molar-refractivity contribution in [2.24, 2.45) is 0 Å². The Labute approximate surface area is 136 Å². The van der Waals surface area contributed by atoms with Gasteiger partial charge in [-0.05, 0) is 63.0 Å². The summed E-state index contributed by atoms with van der Waals surface area (Å²) in [5, 5.41) is 4.40. The maximum Gasteiger partial charge on any atom is 0.155 e. The zero-order chi connectivity index (χ0) is 15.8. The number of nitrogens with zero attached hydrogens (tertiary/aromatic N) is 4. The molecule has 3 aromatic rings. The molecule has 0 aliphatic carbocycles. The van der Waals surface area contributed by atoms with Gasteiger partial charge < -0.3 is 0 Å². The molecule has 1 fully saturated rings. The van der Waals surface area contributed by atoms with Crippen molar-refractivity contribution in [1.82, 2.24) is 19.5 Å². The Balaban J connectivity index is 1.61. The molecule has 1 aromatic carbocycles. The molecule has 4 heteroatoms. The van der Waals surface area contributed by atoms with Crippen molar-refractivity contribution in [2.75, 3.05) is 13.1 Å². The van der Waals surface area contributed by atoms with Gasteiger partial charge in [0.05, 0.1) is 0 Å². The molecule has 2 aromatic heterocycles. The number of aryl methyl sites for hydroxylation is 1. The molecule has 1 atom stereocenters. The highest BCUT2D eigenvalue weighted by Crippen LogP contribution is 2.27. The number of hydrogen-bond donors (Lipinski definition) is 0. The number of hydrogen-bond acceptors (Lipinski definition) is 3. The van der Waals surface area contributed by atoms with E-state index in [1.54, 1.807) is 0 Å². The predicted molar refractivity (Wildman–Crippen MR) is 92.4 cm³/mol. The summed E-state index contributed by atoms with van der Waals surface area (Å²) in [4.78, 5) is 6.94. The van der Waals surface area contributed by atoms with Crippen molar-refractivity contribution in [1.29, 1.82) is 0 Å². The first-order chi connectivity index (χ1) is 11.2. The largest absolute Gasteiger partial charge is 0.297 e. The Morgan fingerprint density at radius 1 is 0.957 bits per heavy atom. The third kappa shape index (κ3) is 2.75. The van der Waals surface area contributed by atoms with E-state index in [1.165, 1.54) is 42.6 Å². The lowest BCUT2D eigenvalue weighted by Gasteiger charge is -2.24. The van der Waals surface area contributed by atoms with Crippen LogP contribution in [0.15, 0.2) is 42.6 Å². The maximum atomic E-state index is 4.40. The lowest BCUT2D eigenvalue weighted by molar-refractivity contribution is 0.263. The predicted octanol–water partition coefficient (Wildman–Crippen LogP) is 3.86. The summed E-state index contributed by atoms with van der Waals surface area (Å²) in [5.74, 6) is 0.803. The fourth-order valence-electron chi connectivity index (χ4n) is 3.46. The van der Waals surface area contributed by atoms with Crippen molar-refractivity contribution in [3.05, 3.63) is 54.0 Å². The Hall–Kier alpha value is -2.20. The monoisotopic (exact) mass is 306 g/mol. The minimum absolute atomic E-state index is 0.506. The Kier molecular flexibility index (Phi) is 3.62. The van der Waals surface area contributed by atoms with Crippen molar-refractivity contribution in [3.8, 4) is 11.1 Å². The summed E-state index contributed by atoms with van der Waals surface area (Å²) in [5.41, 5.74) is 4.68. The van der Waals surface area contributed by atoms with E-state index in [0.717, 1.165) is 11.5 Å². The van der Waals surface area contributed by atoms with Crippen molar-refractivity contribution in [3.63, 3.8) is 0 Å². The number of fused-ring (bicyclic) bond motifs is 1. The van der Waals surface area contributed by atoms with Crippen LogP contribution >= 0.6 is 0 Å². The lowest BCUT2D eigenvalue weighted by atomic mass is 10.0. The molecule has 0 radical (unpaired) electrons. The number of rotatable bonds is 3. The van der Waals surface area contributed by atoms with Crippen LogP contribution in [0.4, 0.5) is 0 Å². The molecule has 1 saturated heterocycles. The van der Waals surface area contributed by atoms with Crippen LogP contribution in [0.5, 0.6) is 0 Å². The van der Waals surface area contributed by atoms with Gasteiger partial charge in [0.15, 0.2) is 5.65 Å². The summed E-state index contributed by atoms with van der Waals surface area (Å²) in [7, 11) is 0. The molecule has 0 N–H and O–H groups in total. The van der Waals surface area contributed by atoms with Crippen molar-refractivity contribution < 1.29 is 0 Å². The van der Waals surface area contributed by atoms with Gasteiger partial charge in [0.1, 0.15) is 5.82 Å². The van der Waals surface area contributed by atoms with E-state index in [0.29, 0.717) is 6.04 Å². The zero-order valence-electron chi connectivity index (χ0n) is 13.7. The number of pyridine rings is 1. The van der Waals surface area contributed by atoms with Crippen LogP contribution < -0.4 is 0 Å². The Bertz CT molecular complexity index is 813. The van der Waals surface area contributed by atoms with E-state index in [1.807, 2.05) is 23.7 Å². The molecule has 0 amide bonds. The first kappa shape index (κ1) is 14.4. The zero-order valence-corrected chi connectivity index (χ0v) is 13.7. The number of benzene rings is 1. The molecule has 1 aliphatic rings. The van der Waals surface area contributed by atoms with Gasteiger partial charge in [0.2, 0.25) is 0 Å². The van der Waals surface area contributed by atoms with Gasteiger partial charge in [-0.25, -0.2) is 9.50 Å². The Morgan fingerprint density at radius 2 is 1.65 bits per heavy atom. The van der Waals surface area contributed by atoms with Gasteiger partial charge in [0.25, 0.3) is 0 Å². The SMILES string of the molecule is Cc1nc2ccc(-c3ccc([C@@H](C)N4CCCC4)cc3)cn2n1. The molecule has 0 bridgehead atoms. The number of aromatic nitrogens is 3. The van der Waals surface area contributed by atoms with Crippen LogP contribution in [-0.4, -0.2) is 32.6 Å². The highest BCUT2D eigenvalue weighted by molar-refractivity contribution is 5.64. The highest BCUT2D eigenvalue weighted by Gasteiger charge is 2.19. The van der Waals surface area contributed by atoms with Gasteiger partial charge in [-0.2, -0.15) is 5.10 Å². The van der Waals surface area contributed by atoms with Crippen LogP contribution in [-0.2, 0) is 0 Å². The quantitative estimate of drug-likeness (QED) is 0.736. The van der Waals surface area contributed by atoms with E-state index >= 15 is 0 Å². The van der Waals surface area contributed by atoms with Crippen LogP contribution in [0.2, 0.25) is 0 Å². The molecule has 3 heterocycles.